The number of fused-ring (bicyclic) bond motifs is 5. The van der Waals surface area contributed by atoms with Crippen LogP contribution in [0.4, 0.5) is 0 Å². The number of carbonyl (C=O) groups is 1. The summed E-state index contributed by atoms with van der Waals surface area (Å²) in [5.74, 6) is 2.61. The van der Waals surface area contributed by atoms with Gasteiger partial charge in [-0.2, -0.15) is 0 Å². The first-order chi connectivity index (χ1) is 11.2. The van der Waals surface area contributed by atoms with Crippen molar-refractivity contribution in [1.29, 1.82) is 0 Å². The average molecular weight is 331 g/mol. The van der Waals surface area contributed by atoms with Crippen LogP contribution in [0.5, 0.6) is 0 Å². The first-order valence-electron chi connectivity index (χ1n) is 10.1. The first kappa shape index (κ1) is 16.8. The van der Waals surface area contributed by atoms with Crippen molar-refractivity contribution < 1.29 is 9.90 Å². The molecule has 24 heavy (non-hydrogen) atoms. The largest absolute Gasteiger partial charge is 0.393 e. The van der Waals surface area contributed by atoms with Gasteiger partial charge in [-0.05, 0) is 86.9 Å². The molecule has 0 aromatic heterocycles. The Morgan fingerprint density at radius 1 is 1.08 bits per heavy atom. The van der Waals surface area contributed by atoms with E-state index < -0.39 is 0 Å². The van der Waals surface area contributed by atoms with Crippen molar-refractivity contribution >= 4 is 5.78 Å². The number of carbonyl (C=O) groups excluding carboxylic acids is 1. The summed E-state index contributed by atoms with van der Waals surface area (Å²) in [5.41, 5.74) is 1.92. The molecule has 0 amide bonds. The van der Waals surface area contributed by atoms with Gasteiger partial charge in [-0.3, -0.25) is 4.79 Å². The maximum atomic E-state index is 12.5. The molecular formula is C22H34O2. The summed E-state index contributed by atoms with van der Waals surface area (Å²) in [6.07, 6.45) is 11.3. The fraction of sp³-hybridized carbons (Fsp3) is 0.864. The number of aliphatic hydroxyl groups excluding tert-OH is 1. The van der Waals surface area contributed by atoms with Gasteiger partial charge < -0.3 is 5.11 Å². The highest BCUT2D eigenvalue weighted by Crippen LogP contribution is 2.69. The zero-order valence-electron chi connectivity index (χ0n) is 15.9. The van der Waals surface area contributed by atoms with E-state index >= 15 is 0 Å². The minimum atomic E-state index is -0.123. The van der Waals surface area contributed by atoms with Gasteiger partial charge in [0.2, 0.25) is 0 Å². The maximum absolute atomic E-state index is 12.5. The molecule has 4 aliphatic rings. The van der Waals surface area contributed by atoms with E-state index in [1.165, 1.54) is 25.7 Å². The molecule has 4 aliphatic carbocycles. The van der Waals surface area contributed by atoms with E-state index in [9.17, 15) is 9.90 Å². The molecule has 3 saturated carbocycles. The summed E-state index contributed by atoms with van der Waals surface area (Å²) in [6, 6.07) is 0. The van der Waals surface area contributed by atoms with Crippen molar-refractivity contribution in [2.75, 3.05) is 0 Å². The molecule has 2 nitrogen and oxygen atoms in total. The van der Waals surface area contributed by atoms with E-state index in [-0.39, 0.29) is 16.9 Å². The lowest BCUT2D eigenvalue weighted by Gasteiger charge is -2.59. The van der Waals surface area contributed by atoms with Crippen molar-refractivity contribution in [3.8, 4) is 0 Å². The predicted molar refractivity (Wildman–Crippen MR) is 96.5 cm³/mol. The predicted octanol–water partition coefficient (Wildman–Crippen LogP) is 4.91. The second-order valence-corrected chi connectivity index (χ2v) is 10.0. The number of hydrogen-bond donors (Lipinski definition) is 1. The van der Waals surface area contributed by atoms with Crippen LogP contribution in [0.1, 0.15) is 79.1 Å². The molecule has 0 spiro atoms. The van der Waals surface area contributed by atoms with Crippen LogP contribution in [0.15, 0.2) is 11.6 Å². The minimum absolute atomic E-state index is 0.115. The van der Waals surface area contributed by atoms with Gasteiger partial charge in [0.1, 0.15) is 5.78 Å². The van der Waals surface area contributed by atoms with E-state index in [0.29, 0.717) is 17.1 Å². The zero-order valence-corrected chi connectivity index (χ0v) is 15.9. The Morgan fingerprint density at radius 2 is 1.79 bits per heavy atom. The monoisotopic (exact) mass is 330 g/mol. The summed E-state index contributed by atoms with van der Waals surface area (Å²) in [7, 11) is 0. The topological polar surface area (TPSA) is 37.3 Å². The first-order valence-corrected chi connectivity index (χ1v) is 10.1. The van der Waals surface area contributed by atoms with E-state index in [0.717, 1.165) is 37.5 Å². The van der Waals surface area contributed by atoms with Crippen LogP contribution in [0.3, 0.4) is 0 Å². The molecule has 4 rings (SSSR count). The Morgan fingerprint density at radius 3 is 2.50 bits per heavy atom. The summed E-state index contributed by atoms with van der Waals surface area (Å²) in [6.45, 7) is 8.97. The van der Waals surface area contributed by atoms with Crippen LogP contribution in [0, 0.1) is 34.0 Å². The lowest BCUT2D eigenvalue weighted by molar-refractivity contribution is -0.138. The van der Waals surface area contributed by atoms with E-state index in [1.807, 2.05) is 6.92 Å². The Hall–Kier alpha value is -0.630. The van der Waals surface area contributed by atoms with Crippen LogP contribution >= 0.6 is 0 Å². The molecule has 0 aromatic carbocycles. The molecule has 1 unspecified atom stereocenters. The van der Waals surface area contributed by atoms with Gasteiger partial charge in [0.25, 0.3) is 0 Å². The molecule has 3 fully saturated rings. The van der Waals surface area contributed by atoms with Crippen molar-refractivity contribution in [3.63, 3.8) is 0 Å². The minimum Gasteiger partial charge on any atom is -0.393 e. The summed E-state index contributed by atoms with van der Waals surface area (Å²) in [5, 5.41) is 10.1. The van der Waals surface area contributed by atoms with E-state index in [2.05, 4.69) is 26.8 Å². The van der Waals surface area contributed by atoms with Gasteiger partial charge in [0, 0.05) is 5.41 Å². The molecule has 0 radical (unpaired) electrons. The molecule has 0 bridgehead atoms. The number of aliphatic hydroxyl groups is 1. The molecule has 0 aromatic rings. The SMILES string of the molecule is CC(=O)[C@@]1(C)CC[C@H]2[C@@H]3CC=C4CC(O)CC[C@]4(C)[C@H]3CC[C@@]21C. The van der Waals surface area contributed by atoms with Gasteiger partial charge in [0.15, 0.2) is 0 Å². The molecule has 0 saturated heterocycles. The molecule has 0 heterocycles. The second-order valence-electron chi connectivity index (χ2n) is 10.0. The van der Waals surface area contributed by atoms with Gasteiger partial charge in [-0.15, -0.1) is 0 Å². The number of rotatable bonds is 1. The molecule has 1 N–H and O–H groups in total. The average Bonchev–Trinajstić information content (AvgIpc) is 2.81. The van der Waals surface area contributed by atoms with E-state index in [1.54, 1.807) is 5.57 Å². The zero-order chi connectivity index (χ0) is 17.3. The van der Waals surface area contributed by atoms with Gasteiger partial charge in [0.05, 0.1) is 6.10 Å². The molecule has 134 valence electrons. The quantitative estimate of drug-likeness (QED) is 0.694. The number of hydrogen-bond acceptors (Lipinski definition) is 2. The third-order valence-electron chi connectivity index (χ3n) is 9.46. The molecule has 2 heteroatoms. The van der Waals surface area contributed by atoms with Crippen molar-refractivity contribution in [3.05, 3.63) is 11.6 Å². The van der Waals surface area contributed by atoms with Crippen LogP contribution in [0.2, 0.25) is 0 Å². The smallest absolute Gasteiger partial charge is 0.136 e. The van der Waals surface area contributed by atoms with Crippen LogP contribution in [-0.2, 0) is 4.79 Å². The van der Waals surface area contributed by atoms with Gasteiger partial charge in [-0.25, -0.2) is 0 Å². The summed E-state index contributed by atoms with van der Waals surface area (Å²) in [4.78, 5) is 12.5. The van der Waals surface area contributed by atoms with Crippen LogP contribution in [-0.4, -0.2) is 17.0 Å². The van der Waals surface area contributed by atoms with E-state index in [4.69, 9.17) is 0 Å². The van der Waals surface area contributed by atoms with Crippen LogP contribution < -0.4 is 0 Å². The van der Waals surface area contributed by atoms with Gasteiger partial charge >= 0.3 is 0 Å². The Balaban J connectivity index is 1.69. The lowest BCUT2D eigenvalue weighted by Crippen LogP contribution is -2.53. The third kappa shape index (κ3) is 1.95. The van der Waals surface area contributed by atoms with Gasteiger partial charge in [-0.1, -0.05) is 32.4 Å². The Labute approximate surface area is 147 Å². The standard InChI is InChI=1S/C22H34O2/c1-14(23)21(3)11-9-19-17-6-5-15-13-16(24)7-10-20(15,2)18(17)8-12-22(19,21)4/h5,16-19,24H,6-13H2,1-4H3/t16?,17-,18+,19+,20+,21-,22+/m1/s1. The molecular weight excluding hydrogens is 296 g/mol. The fourth-order valence-electron chi connectivity index (χ4n) is 7.49. The molecule has 0 aliphatic heterocycles. The van der Waals surface area contributed by atoms with Crippen LogP contribution in [0.25, 0.3) is 0 Å². The number of ketones is 1. The highest BCUT2D eigenvalue weighted by atomic mass is 16.3. The fourth-order valence-corrected chi connectivity index (χ4v) is 7.49. The van der Waals surface area contributed by atoms with Crippen molar-refractivity contribution in [2.45, 2.75) is 85.2 Å². The summed E-state index contributed by atoms with van der Waals surface area (Å²) < 4.78 is 0. The highest BCUT2D eigenvalue weighted by Gasteiger charge is 2.63. The third-order valence-corrected chi connectivity index (χ3v) is 9.46. The van der Waals surface area contributed by atoms with Crippen molar-refractivity contribution in [2.24, 2.45) is 34.0 Å². The lowest BCUT2D eigenvalue weighted by atomic mass is 9.45. The Bertz CT molecular complexity index is 593. The number of Topliss-reactive ketones (excluding diaryl/α,β-unsaturated/α-hetero) is 1. The highest BCUT2D eigenvalue weighted by molar-refractivity contribution is 5.83. The second kappa shape index (κ2) is 5.19. The van der Waals surface area contributed by atoms with Crippen molar-refractivity contribution in [1.82, 2.24) is 0 Å². The normalized spacial score (nSPS) is 53.6. The summed E-state index contributed by atoms with van der Waals surface area (Å²) >= 11 is 0. The maximum Gasteiger partial charge on any atom is 0.136 e. The molecule has 7 atom stereocenters. The number of allylic oxidation sites excluding steroid dienone is 1. The Kier molecular flexibility index (Phi) is 3.64.